The highest BCUT2D eigenvalue weighted by atomic mass is 16.7. The Hall–Kier alpha value is -0.600. The summed E-state index contributed by atoms with van der Waals surface area (Å²) in [6.07, 6.45) is 20.9. The Morgan fingerprint density at radius 3 is 1.44 bits per heavy atom. The largest absolute Gasteiger partial charge is 0.352 e. The lowest BCUT2D eigenvalue weighted by Crippen LogP contribution is -2.32. The van der Waals surface area contributed by atoms with Crippen molar-refractivity contribution in [2.45, 2.75) is 105 Å². The Balaban J connectivity index is 3.76. The van der Waals surface area contributed by atoms with Crippen molar-refractivity contribution >= 4 is 0 Å². The van der Waals surface area contributed by atoms with E-state index in [0.29, 0.717) is 0 Å². The molecule has 2 nitrogen and oxygen atoms in total. The molecule has 0 amide bonds. The maximum atomic E-state index is 6.04. The van der Waals surface area contributed by atoms with E-state index in [1.165, 1.54) is 38.5 Å². The van der Waals surface area contributed by atoms with Crippen LogP contribution in [0.15, 0.2) is 24.3 Å². The summed E-state index contributed by atoms with van der Waals surface area (Å²) in [6, 6.07) is 0. The maximum Gasteiger partial charge on any atom is 0.162 e. The number of ether oxygens (including phenoxy) is 2. The quantitative estimate of drug-likeness (QED) is 0.163. The van der Waals surface area contributed by atoms with E-state index in [2.05, 4.69) is 58.9 Å². The van der Waals surface area contributed by atoms with E-state index in [1.807, 2.05) is 0 Å². The van der Waals surface area contributed by atoms with Crippen molar-refractivity contribution in [1.82, 2.24) is 0 Å². The first-order chi connectivity index (χ1) is 12.0. The molecule has 0 bridgehead atoms. The highest BCUT2D eigenvalue weighted by Crippen LogP contribution is 2.24. The molecule has 0 saturated heterocycles. The molecule has 0 aliphatic rings. The summed E-state index contributed by atoms with van der Waals surface area (Å²) in [6.45, 7) is 12.6. The standard InChI is InChI=1S/C23H44O2/c1-6-8-10-12-14-16-18-20-24-22(23(3,4)5)25-21-19-17-15-13-11-9-7-2/h8-11,22H,6-7,12-21H2,1-5H3/b10-8-,11-9-. The SMILES string of the molecule is CC/C=C\CCCCCOC(OCCCCC/C=C\CC)C(C)(C)C. The second kappa shape index (κ2) is 16.8. The van der Waals surface area contributed by atoms with Crippen LogP contribution in [0.5, 0.6) is 0 Å². The van der Waals surface area contributed by atoms with Crippen LogP contribution >= 0.6 is 0 Å². The first-order valence-corrected chi connectivity index (χ1v) is 10.6. The van der Waals surface area contributed by atoms with E-state index in [-0.39, 0.29) is 11.7 Å². The summed E-state index contributed by atoms with van der Waals surface area (Å²) in [7, 11) is 0. The summed E-state index contributed by atoms with van der Waals surface area (Å²) in [5, 5.41) is 0. The van der Waals surface area contributed by atoms with Crippen molar-refractivity contribution in [2.75, 3.05) is 13.2 Å². The minimum Gasteiger partial charge on any atom is -0.352 e. The van der Waals surface area contributed by atoms with Gasteiger partial charge in [-0.25, -0.2) is 0 Å². The molecule has 0 rings (SSSR count). The minimum absolute atomic E-state index is 0.0354. The van der Waals surface area contributed by atoms with Gasteiger partial charge in [-0.3, -0.25) is 0 Å². The maximum absolute atomic E-state index is 6.04. The lowest BCUT2D eigenvalue weighted by atomic mass is 9.96. The second-order valence-electron chi connectivity index (χ2n) is 7.90. The summed E-state index contributed by atoms with van der Waals surface area (Å²) in [5.41, 5.74) is 0.0354. The van der Waals surface area contributed by atoms with Gasteiger partial charge in [0.25, 0.3) is 0 Å². The molecule has 0 radical (unpaired) electrons. The molecule has 148 valence electrons. The predicted octanol–water partition coefficient (Wildman–Crippen LogP) is 7.45. The van der Waals surface area contributed by atoms with Crippen LogP contribution in [-0.2, 0) is 9.47 Å². The average molecular weight is 353 g/mol. The van der Waals surface area contributed by atoms with Gasteiger partial charge in [0.15, 0.2) is 6.29 Å². The Kier molecular flexibility index (Phi) is 16.4. The molecule has 0 spiro atoms. The molecule has 0 atom stereocenters. The number of allylic oxidation sites excluding steroid dienone is 4. The van der Waals surface area contributed by atoms with Gasteiger partial charge in [0, 0.05) is 18.6 Å². The van der Waals surface area contributed by atoms with E-state index >= 15 is 0 Å². The number of hydrogen-bond acceptors (Lipinski definition) is 2. The van der Waals surface area contributed by atoms with Crippen LogP contribution in [-0.4, -0.2) is 19.5 Å². The zero-order chi connectivity index (χ0) is 18.8. The van der Waals surface area contributed by atoms with Crippen molar-refractivity contribution in [3.8, 4) is 0 Å². The molecular formula is C23H44O2. The monoisotopic (exact) mass is 352 g/mol. The molecule has 2 heteroatoms. The fourth-order valence-electron chi connectivity index (χ4n) is 2.58. The molecule has 0 aromatic rings. The van der Waals surface area contributed by atoms with Crippen LogP contribution < -0.4 is 0 Å². The number of hydrogen-bond donors (Lipinski definition) is 0. The van der Waals surface area contributed by atoms with Crippen molar-refractivity contribution in [1.29, 1.82) is 0 Å². The molecule has 0 saturated carbocycles. The van der Waals surface area contributed by atoms with Crippen molar-refractivity contribution in [3.63, 3.8) is 0 Å². The molecular weight excluding hydrogens is 308 g/mol. The van der Waals surface area contributed by atoms with Gasteiger partial charge in [0.1, 0.15) is 0 Å². The molecule has 0 heterocycles. The zero-order valence-electron chi connectivity index (χ0n) is 17.7. The summed E-state index contributed by atoms with van der Waals surface area (Å²) < 4.78 is 12.1. The van der Waals surface area contributed by atoms with Crippen LogP contribution in [0.4, 0.5) is 0 Å². The predicted molar refractivity (Wildman–Crippen MR) is 111 cm³/mol. The van der Waals surface area contributed by atoms with Gasteiger partial charge in [-0.05, 0) is 51.4 Å². The third-order valence-corrected chi connectivity index (χ3v) is 4.08. The number of unbranched alkanes of at least 4 members (excludes halogenated alkanes) is 6. The third-order valence-electron chi connectivity index (χ3n) is 4.08. The van der Waals surface area contributed by atoms with Crippen molar-refractivity contribution in [3.05, 3.63) is 24.3 Å². The fraction of sp³-hybridized carbons (Fsp3) is 0.826. The molecule has 25 heavy (non-hydrogen) atoms. The van der Waals surface area contributed by atoms with Gasteiger partial charge in [0.2, 0.25) is 0 Å². The van der Waals surface area contributed by atoms with Crippen molar-refractivity contribution < 1.29 is 9.47 Å². The van der Waals surface area contributed by atoms with E-state index in [4.69, 9.17) is 9.47 Å². The molecule has 0 aromatic heterocycles. The fourth-order valence-corrected chi connectivity index (χ4v) is 2.58. The van der Waals surface area contributed by atoms with E-state index in [9.17, 15) is 0 Å². The molecule has 0 aromatic carbocycles. The highest BCUT2D eigenvalue weighted by molar-refractivity contribution is 4.80. The topological polar surface area (TPSA) is 18.5 Å². The molecule has 0 aliphatic carbocycles. The van der Waals surface area contributed by atoms with Crippen LogP contribution in [0, 0.1) is 5.41 Å². The third kappa shape index (κ3) is 16.6. The highest BCUT2D eigenvalue weighted by Gasteiger charge is 2.25. The lowest BCUT2D eigenvalue weighted by Gasteiger charge is -2.30. The Labute approximate surface area is 158 Å². The second-order valence-corrected chi connectivity index (χ2v) is 7.90. The minimum atomic E-state index is -0.0903. The van der Waals surface area contributed by atoms with Gasteiger partial charge >= 0.3 is 0 Å². The van der Waals surface area contributed by atoms with Gasteiger partial charge in [-0.1, -0.05) is 71.8 Å². The molecule has 0 fully saturated rings. The Bertz CT molecular complexity index is 299. The Morgan fingerprint density at radius 2 is 1.08 bits per heavy atom. The first kappa shape index (κ1) is 24.4. The van der Waals surface area contributed by atoms with Gasteiger partial charge in [-0.2, -0.15) is 0 Å². The van der Waals surface area contributed by atoms with Gasteiger partial charge in [-0.15, -0.1) is 0 Å². The molecule has 0 unspecified atom stereocenters. The van der Waals surface area contributed by atoms with Gasteiger partial charge in [0.05, 0.1) is 0 Å². The normalized spacial score (nSPS) is 12.9. The van der Waals surface area contributed by atoms with Crippen LogP contribution in [0.2, 0.25) is 0 Å². The zero-order valence-corrected chi connectivity index (χ0v) is 17.7. The van der Waals surface area contributed by atoms with Crippen molar-refractivity contribution in [2.24, 2.45) is 5.41 Å². The van der Waals surface area contributed by atoms with Crippen LogP contribution in [0.3, 0.4) is 0 Å². The number of rotatable bonds is 16. The summed E-state index contributed by atoms with van der Waals surface area (Å²) in [4.78, 5) is 0. The van der Waals surface area contributed by atoms with Crippen LogP contribution in [0.25, 0.3) is 0 Å². The van der Waals surface area contributed by atoms with E-state index < -0.39 is 0 Å². The van der Waals surface area contributed by atoms with Gasteiger partial charge < -0.3 is 9.47 Å². The lowest BCUT2D eigenvalue weighted by molar-refractivity contribution is -0.195. The molecule has 0 aliphatic heterocycles. The summed E-state index contributed by atoms with van der Waals surface area (Å²) in [5.74, 6) is 0. The summed E-state index contributed by atoms with van der Waals surface area (Å²) >= 11 is 0. The van der Waals surface area contributed by atoms with Crippen LogP contribution in [0.1, 0.15) is 98.8 Å². The van der Waals surface area contributed by atoms with E-state index in [0.717, 1.165) is 38.9 Å². The first-order valence-electron chi connectivity index (χ1n) is 10.6. The smallest absolute Gasteiger partial charge is 0.162 e. The molecule has 0 N–H and O–H groups in total. The average Bonchev–Trinajstić information content (AvgIpc) is 2.56. The Morgan fingerprint density at radius 1 is 0.640 bits per heavy atom. The van der Waals surface area contributed by atoms with E-state index in [1.54, 1.807) is 0 Å².